The maximum Gasteiger partial charge on any atom is 0.350 e. The van der Waals surface area contributed by atoms with E-state index in [1.54, 1.807) is 36.5 Å². The van der Waals surface area contributed by atoms with E-state index < -0.39 is 11.6 Å². The molecule has 0 aliphatic carbocycles. The molecule has 5 rings (SSSR count). The third-order valence-electron chi connectivity index (χ3n) is 5.33. The zero-order valence-electron chi connectivity index (χ0n) is 19.1. The molecule has 10 heteroatoms. The molecule has 0 bridgehead atoms. The van der Waals surface area contributed by atoms with Crippen LogP contribution in [0, 0.1) is 6.92 Å². The van der Waals surface area contributed by atoms with Crippen LogP contribution in [-0.2, 0) is 11.3 Å². The van der Waals surface area contributed by atoms with Gasteiger partial charge in [-0.15, -0.1) is 5.10 Å². The number of anilines is 1. The quantitative estimate of drug-likeness (QED) is 0.387. The van der Waals surface area contributed by atoms with Gasteiger partial charge in [-0.3, -0.25) is 4.79 Å². The molecule has 0 aliphatic rings. The molecule has 3 heterocycles. The Kier molecular flexibility index (Phi) is 5.84. The normalized spacial score (nSPS) is 11.0. The Hall–Kier alpha value is -4.73. The molecule has 5 aromatic rings. The van der Waals surface area contributed by atoms with Crippen LogP contribution >= 0.6 is 0 Å². The van der Waals surface area contributed by atoms with E-state index in [0.29, 0.717) is 35.1 Å². The number of carbonyl (C=O) groups excluding carboxylic acids is 1. The lowest BCUT2D eigenvalue weighted by Crippen LogP contribution is -2.28. The summed E-state index contributed by atoms with van der Waals surface area (Å²) in [5.41, 5.74) is 2.78. The molecule has 1 amide bonds. The van der Waals surface area contributed by atoms with E-state index in [1.165, 1.54) is 4.40 Å². The number of nitrogens with one attached hydrogen (secondary N) is 1. The molecule has 2 aromatic carbocycles. The highest BCUT2D eigenvalue weighted by atomic mass is 16.5. The van der Waals surface area contributed by atoms with Crippen molar-refractivity contribution < 1.29 is 14.1 Å². The number of hydrogen-bond donors (Lipinski definition) is 1. The lowest BCUT2D eigenvalue weighted by molar-refractivity contribution is -0.117. The fourth-order valence-electron chi connectivity index (χ4n) is 3.64. The molecule has 35 heavy (non-hydrogen) atoms. The van der Waals surface area contributed by atoms with Gasteiger partial charge < -0.3 is 14.6 Å². The number of nitrogens with zero attached hydrogens (tertiary/aromatic N) is 5. The van der Waals surface area contributed by atoms with Crippen LogP contribution in [0.15, 0.2) is 76.2 Å². The van der Waals surface area contributed by atoms with Gasteiger partial charge in [-0.1, -0.05) is 47.1 Å². The maximum absolute atomic E-state index is 12.9. The van der Waals surface area contributed by atoms with Gasteiger partial charge in [0.05, 0.1) is 17.9 Å². The van der Waals surface area contributed by atoms with E-state index in [2.05, 4.69) is 20.6 Å². The number of benzene rings is 2. The van der Waals surface area contributed by atoms with Gasteiger partial charge in [0.2, 0.25) is 11.7 Å². The fourth-order valence-corrected chi connectivity index (χ4v) is 3.64. The standard InChI is InChI=1S/C25H22N6O4/c1-3-34-20-9-5-4-8-19(20)26-21(32)15-31-25(33)30-14-6-7-18(23(30)28-31)24-27-22(29-35-24)17-12-10-16(2)11-13-17/h4-14H,3,15H2,1-2H3,(H,26,32). The zero-order valence-corrected chi connectivity index (χ0v) is 19.1. The third kappa shape index (κ3) is 4.41. The average molecular weight is 470 g/mol. The Morgan fingerprint density at radius 2 is 1.89 bits per heavy atom. The summed E-state index contributed by atoms with van der Waals surface area (Å²) in [6, 6.07) is 18.3. The van der Waals surface area contributed by atoms with Gasteiger partial charge >= 0.3 is 5.69 Å². The van der Waals surface area contributed by atoms with Crippen LogP contribution < -0.4 is 15.7 Å². The minimum absolute atomic E-state index is 0.221. The second kappa shape index (κ2) is 9.26. The summed E-state index contributed by atoms with van der Waals surface area (Å²) in [7, 11) is 0. The molecule has 176 valence electrons. The molecular formula is C25H22N6O4. The number of para-hydroxylation sites is 2. The average Bonchev–Trinajstić information content (AvgIpc) is 3.46. The number of aromatic nitrogens is 5. The molecule has 0 spiro atoms. The summed E-state index contributed by atoms with van der Waals surface area (Å²) in [4.78, 5) is 30.1. The Balaban J connectivity index is 1.43. The van der Waals surface area contributed by atoms with E-state index in [1.807, 2.05) is 44.2 Å². The predicted molar refractivity (Wildman–Crippen MR) is 129 cm³/mol. The molecule has 0 saturated heterocycles. The van der Waals surface area contributed by atoms with Crippen molar-refractivity contribution in [2.45, 2.75) is 20.4 Å². The van der Waals surface area contributed by atoms with Crippen molar-refractivity contribution >= 4 is 17.2 Å². The van der Waals surface area contributed by atoms with E-state index >= 15 is 0 Å². The van der Waals surface area contributed by atoms with Gasteiger partial charge in [-0.2, -0.15) is 4.98 Å². The summed E-state index contributed by atoms with van der Waals surface area (Å²) in [5.74, 6) is 0.784. The molecular weight excluding hydrogens is 448 g/mol. The van der Waals surface area contributed by atoms with Crippen molar-refractivity contribution in [3.05, 3.63) is 82.9 Å². The monoisotopic (exact) mass is 470 g/mol. The smallest absolute Gasteiger partial charge is 0.350 e. The Morgan fingerprint density at radius 3 is 2.69 bits per heavy atom. The summed E-state index contributed by atoms with van der Waals surface area (Å²) in [5, 5.41) is 11.2. The third-order valence-corrected chi connectivity index (χ3v) is 5.33. The minimum atomic E-state index is -0.464. The van der Waals surface area contributed by atoms with E-state index in [0.717, 1.165) is 15.8 Å². The first kappa shape index (κ1) is 22.1. The van der Waals surface area contributed by atoms with Gasteiger partial charge in [0.25, 0.3) is 5.89 Å². The highest BCUT2D eigenvalue weighted by Crippen LogP contribution is 2.25. The van der Waals surface area contributed by atoms with E-state index in [9.17, 15) is 9.59 Å². The van der Waals surface area contributed by atoms with E-state index in [-0.39, 0.29) is 12.4 Å². The number of carbonyl (C=O) groups is 1. The topological polar surface area (TPSA) is 117 Å². The van der Waals surface area contributed by atoms with Crippen molar-refractivity contribution in [3.63, 3.8) is 0 Å². The SMILES string of the molecule is CCOc1ccccc1NC(=O)Cn1nc2c(-c3nc(-c4ccc(C)cc4)no3)cccn2c1=O. The minimum Gasteiger partial charge on any atom is -0.492 e. The summed E-state index contributed by atoms with van der Waals surface area (Å²) >= 11 is 0. The Morgan fingerprint density at radius 1 is 1.09 bits per heavy atom. The Labute approximate surface area is 199 Å². The second-order valence-electron chi connectivity index (χ2n) is 7.82. The van der Waals surface area contributed by atoms with Crippen LogP contribution in [0.3, 0.4) is 0 Å². The largest absolute Gasteiger partial charge is 0.492 e. The number of pyridine rings is 1. The van der Waals surface area contributed by atoms with Crippen LogP contribution in [-0.4, -0.2) is 36.8 Å². The van der Waals surface area contributed by atoms with Crippen LogP contribution in [0.5, 0.6) is 5.75 Å². The lowest BCUT2D eigenvalue weighted by atomic mass is 10.1. The number of ether oxygens (including phenoxy) is 1. The molecule has 0 fully saturated rings. The summed E-state index contributed by atoms with van der Waals surface area (Å²) in [6.45, 7) is 4.04. The van der Waals surface area contributed by atoms with Gasteiger partial charge in [0.1, 0.15) is 12.3 Å². The van der Waals surface area contributed by atoms with Crippen molar-refractivity contribution in [1.29, 1.82) is 0 Å². The number of aryl methyl sites for hydroxylation is 1. The molecule has 0 atom stereocenters. The van der Waals surface area contributed by atoms with Crippen molar-refractivity contribution in [2.24, 2.45) is 0 Å². The maximum atomic E-state index is 12.9. The lowest BCUT2D eigenvalue weighted by Gasteiger charge is -2.10. The molecule has 0 radical (unpaired) electrons. The van der Waals surface area contributed by atoms with Crippen molar-refractivity contribution in [3.8, 4) is 28.6 Å². The zero-order chi connectivity index (χ0) is 24.4. The van der Waals surface area contributed by atoms with Crippen LogP contribution in [0.1, 0.15) is 12.5 Å². The van der Waals surface area contributed by atoms with E-state index in [4.69, 9.17) is 9.26 Å². The van der Waals surface area contributed by atoms with Gasteiger partial charge in [-0.25, -0.2) is 13.9 Å². The highest BCUT2D eigenvalue weighted by molar-refractivity contribution is 5.92. The fraction of sp³-hybridized carbons (Fsp3) is 0.160. The van der Waals surface area contributed by atoms with Crippen LogP contribution in [0.25, 0.3) is 28.5 Å². The van der Waals surface area contributed by atoms with Crippen LogP contribution in [0.2, 0.25) is 0 Å². The first-order chi connectivity index (χ1) is 17.0. The van der Waals surface area contributed by atoms with Gasteiger partial charge in [0, 0.05) is 11.8 Å². The number of hydrogen-bond acceptors (Lipinski definition) is 7. The van der Waals surface area contributed by atoms with Crippen molar-refractivity contribution in [2.75, 3.05) is 11.9 Å². The number of amides is 1. The predicted octanol–water partition coefficient (Wildman–Crippen LogP) is 3.56. The van der Waals surface area contributed by atoms with Gasteiger partial charge in [-0.05, 0) is 38.1 Å². The van der Waals surface area contributed by atoms with Crippen LogP contribution in [0.4, 0.5) is 5.69 Å². The molecule has 3 aromatic heterocycles. The summed E-state index contributed by atoms with van der Waals surface area (Å²) in [6.07, 6.45) is 1.57. The Bertz CT molecular complexity index is 1570. The first-order valence-corrected chi connectivity index (χ1v) is 11.0. The molecule has 0 unspecified atom stereocenters. The molecule has 0 aliphatic heterocycles. The molecule has 1 N–H and O–H groups in total. The molecule has 0 saturated carbocycles. The van der Waals surface area contributed by atoms with Crippen molar-refractivity contribution in [1.82, 2.24) is 24.3 Å². The highest BCUT2D eigenvalue weighted by Gasteiger charge is 2.19. The summed E-state index contributed by atoms with van der Waals surface area (Å²) < 4.78 is 13.4. The number of rotatable bonds is 7. The number of fused-ring (bicyclic) bond motifs is 1. The van der Waals surface area contributed by atoms with Gasteiger partial charge in [0.15, 0.2) is 5.65 Å². The molecule has 10 nitrogen and oxygen atoms in total. The first-order valence-electron chi connectivity index (χ1n) is 11.0. The second-order valence-corrected chi connectivity index (χ2v) is 7.82.